The average molecular weight is 275 g/mol. The van der Waals surface area contributed by atoms with Crippen LogP contribution in [0.5, 0.6) is 0 Å². The van der Waals surface area contributed by atoms with E-state index in [4.69, 9.17) is 0 Å². The van der Waals surface area contributed by atoms with Crippen LogP contribution in [-0.2, 0) is 6.54 Å². The van der Waals surface area contributed by atoms with Crippen molar-refractivity contribution >= 4 is 6.08 Å². The van der Waals surface area contributed by atoms with E-state index in [0.29, 0.717) is 0 Å². The molecule has 1 fully saturated rings. The van der Waals surface area contributed by atoms with Gasteiger partial charge in [-0.3, -0.25) is 4.68 Å². The molecule has 2 rings (SSSR count). The van der Waals surface area contributed by atoms with Gasteiger partial charge in [-0.15, -0.1) is 0 Å². The van der Waals surface area contributed by atoms with Crippen LogP contribution in [0.25, 0.3) is 6.08 Å². The zero-order valence-corrected chi connectivity index (χ0v) is 13.1. The van der Waals surface area contributed by atoms with E-state index in [1.807, 2.05) is 6.20 Å². The van der Waals surface area contributed by atoms with Crippen LogP contribution in [0.3, 0.4) is 0 Å². The number of aryl methyl sites for hydroxylation is 1. The van der Waals surface area contributed by atoms with Crippen molar-refractivity contribution in [2.45, 2.75) is 58.9 Å². The molecule has 1 aliphatic carbocycles. The molecule has 1 aliphatic rings. The van der Waals surface area contributed by atoms with Crippen molar-refractivity contribution in [1.29, 1.82) is 0 Å². The number of likely N-dealkylation sites (N-methyl/N-ethyl adjacent to an activating group) is 1. The highest BCUT2D eigenvalue weighted by molar-refractivity contribution is 5.52. The van der Waals surface area contributed by atoms with Crippen LogP contribution in [0, 0.1) is 5.92 Å². The lowest BCUT2D eigenvalue weighted by molar-refractivity contribution is 0.397. The standard InChI is InChI=1S/C17H29N3/c1-3-10-20-14-15(12-19-20)11-17(13-18-4-2)16-8-6-5-7-9-16/h11-12,14,16,18H,3-10,13H2,1-2H3/b17-11-. The fourth-order valence-corrected chi connectivity index (χ4v) is 3.08. The molecule has 20 heavy (non-hydrogen) atoms. The molecule has 0 spiro atoms. The van der Waals surface area contributed by atoms with Crippen molar-refractivity contribution < 1.29 is 0 Å². The Morgan fingerprint density at radius 3 is 2.85 bits per heavy atom. The maximum absolute atomic E-state index is 4.44. The minimum atomic E-state index is 0.775. The van der Waals surface area contributed by atoms with Gasteiger partial charge in [0.15, 0.2) is 0 Å². The molecule has 1 N–H and O–H groups in total. The summed E-state index contributed by atoms with van der Waals surface area (Å²) in [6.07, 6.45) is 14.6. The molecule has 3 nitrogen and oxygen atoms in total. The predicted octanol–water partition coefficient (Wildman–Crippen LogP) is 3.87. The van der Waals surface area contributed by atoms with Crippen LogP contribution < -0.4 is 5.32 Å². The van der Waals surface area contributed by atoms with Gasteiger partial charge in [-0.05, 0) is 31.7 Å². The van der Waals surface area contributed by atoms with E-state index in [0.717, 1.165) is 32.0 Å². The van der Waals surface area contributed by atoms with Gasteiger partial charge in [0.1, 0.15) is 0 Å². The third-order valence-corrected chi connectivity index (χ3v) is 4.17. The number of hydrogen-bond acceptors (Lipinski definition) is 2. The largest absolute Gasteiger partial charge is 0.313 e. The van der Waals surface area contributed by atoms with Gasteiger partial charge in [0.2, 0.25) is 0 Å². The molecule has 0 aliphatic heterocycles. The lowest BCUT2D eigenvalue weighted by Crippen LogP contribution is -2.22. The molecule has 112 valence electrons. The monoisotopic (exact) mass is 275 g/mol. The Kier molecular flexibility index (Phi) is 6.31. The summed E-state index contributed by atoms with van der Waals surface area (Å²) in [6, 6.07) is 0. The van der Waals surface area contributed by atoms with Crippen LogP contribution >= 0.6 is 0 Å². The first-order valence-corrected chi connectivity index (χ1v) is 8.27. The van der Waals surface area contributed by atoms with Crippen LogP contribution in [0.2, 0.25) is 0 Å². The SMILES string of the molecule is CCCn1cc(/C=C(/CNCC)C2CCCCC2)cn1. The highest BCUT2D eigenvalue weighted by Gasteiger charge is 2.17. The molecule has 0 radical (unpaired) electrons. The molecular formula is C17H29N3. The second-order valence-electron chi connectivity index (χ2n) is 5.87. The summed E-state index contributed by atoms with van der Waals surface area (Å²) in [7, 11) is 0. The van der Waals surface area contributed by atoms with E-state index in [9.17, 15) is 0 Å². The molecule has 0 bridgehead atoms. The Labute approximate surface area is 123 Å². The van der Waals surface area contributed by atoms with Crippen LogP contribution in [-0.4, -0.2) is 22.9 Å². The molecule has 1 aromatic rings. The summed E-state index contributed by atoms with van der Waals surface area (Å²) in [5.41, 5.74) is 2.83. The highest BCUT2D eigenvalue weighted by atomic mass is 15.3. The lowest BCUT2D eigenvalue weighted by atomic mass is 9.83. The van der Waals surface area contributed by atoms with E-state index in [2.05, 4.69) is 41.2 Å². The molecule has 0 amide bonds. The van der Waals surface area contributed by atoms with Crippen molar-refractivity contribution in [2.75, 3.05) is 13.1 Å². The summed E-state index contributed by atoms with van der Waals surface area (Å²) in [4.78, 5) is 0. The fraction of sp³-hybridized carbons (Fsp3) is 0.706. The number of nitrogens with zero attached hydrogens (tertiary/aromatic N) is 2. The number of rotatable bonds is 7. The van der Waals surface area contributed by atoms with Gasteiger partial charge in [0.05, 0.1) is 6.20 Å². The van der Waals surface area contributed by atoms with E-state index < -0.39 is 0 Å². The average Bonchev–Trinajstić information content (AvgIpc) is 2.92. The molecule has 0 saturated heterocycles. The van der Waals surface area contributed by atoms with Gasteiger partial charge in [-0.1, -0.05) is 44.8 Å². The topological polar surface area (TPSA) is 29.9 Å². The van der Waals surface area contributed by atoms with Crippen LogP contribution in [0.15, 0.2) is 18.0 Å². The Hall–Kier alpha value is -1.09. The predicted molar refractivity (Wildman–Crippen MR) is 85.6 cm³/mol. The number of nitrogens with one attached hydrogen (secondary N) is 1. The van der Waals surface area contributed by atoms with Crippen molar-refractivity contribution in [2.24, 2.45) is 5.92 Å². The summed E-state index contributed by atoms with van der Waals surface area (Å²) in [6.45, 7) is 7.45. The van der Waals surface area contributed by atoms with Crippen LogP contribution in [0.4, 0.5) is 0 Å². The minimum Gasteiger partial charge on any atom is -0.313 e. The summed E-state index contributed by atoms with van der Waals surface area (Å²) in [5.74, 6) is 0.775. The van der Waals surface area contributed by atoms with Crippen molar-refractivity contribution in [3.63, 3.8) is 0 Å². The zero-order valence-electron chi connectivity index (χ0n) is 13.1. The second-order valence-corrected chi connectivity index (χ2v) is 5.87. The van der Waals surface area contributed by atoms with Gasteiger partial charge in [-0.25, -0.2) is 0 Å². The second kappa shape index (κ2) is 8.25. The maximum atomic E-state index is 4.44. The Bertz CT molecular complexity index is 414. The van der Waals surface area contributed by atoms with Crippen molar-refractivity contribution in [3.8, 4) is 0 Å². The molecule has 1 heterocycles. The van der Waals surface area contributed by atoms with E-state index in [1.165, 1.54) is 37.7 Å². The fourth-order valence-electron chi connectivity index (χ4n) is 3.08. The van der Waals surface area contributed by atoms with Crippen molar-refractivity contribution in [3.05, 3.63) is 23.5 Å². The summed E-state index contributed by atoms with van der Waals surface area (Å²) >= 11 is 0. The van der Waals surface area contributed by atoms with E-state index in [1.54, 1.807) is 5.57 Å². The third-order valence-electron chi connectivity index (χ3n) is 4.17. The first-order chi connectivity index (χ1) is 9.83. The van der Waals surface area contributed by atoms with Gasteiger partial charge in [0, 0.05) is 24.8 Å². The quantitative estimate of drug-likeness (QED) is 0.818. The molecule has 3 heteroatoms. The first kappa shape index (κ1) is 15.3. The van der Waals surface area contributed by atoms with Crippen LogP contribution in [0.1, 0.15) is 57.9 Å². The smallest absolute Gasteiger partial charge is 0.0562 e. The molecular weight excluding hydrogens is 246 g/mol. The number of aromatic nitrogens is 2. The zero-order chi connectivity index (χ0) is 14.2. The minimum absolute atomic E-state index is 0.775. The highest BCUT2D eigenvalue weighted by Crippen LogP contribution is 2.30. The third kappa shape index (κ3) is 4.48. The normalized spacial score (nSPS) is 17.6. The van der Waals surface area contributed by atoms with E-state index >= 15 is 0 Å². The lowest BCUT2D eigenvalue weighted by Gasteiger charge is -2.24. The Morgan fingerprint density at radius 2 is 2.15 bits per heavy atom. The molecule has 1 aromatic heterocycles. The van der Waals surface area contributed by atoms with Gasteiger partial charge < -0.3 is 5.32 Å². The number of hydrogen-bond donors (Lipinski definition) is 1. The van der Waals surface area contributed by atoms with Gasteiger partial charge in [-0.2, -0.15) is 5.10 Å². The van der Waals surface area contributed by atoms with Crippen molar-refractivity contribution in [1.82, 2.24) is 15.1 Å². The summed E-state index contributed by atoms with van der Waals surface area (Å²) < 4.78 is 2.05. The van der Waals surface area contributed by atoms with Gasteiger partial charge >= 0.3 is 0 Å². The summed E-state index contributed by atoms with van der Waals surface area (Å²) in [5, 5.41) is 7.94. The molecule has 0 aromatic carbocycles. The molecule has 0 unspecified atom stereocenters. The van der Waals surface area contributed by atoms with Gasteiger partial charge in [0.25, 0.3) is 0 Å². The Morgan fingerprint density at radius 1 is 1.35 bits per heavy atom. The maximum Gasteiger partial charge on any atom is 0.0562 e. The first-order valence-electron chi connectivity index (χ1n) is 8.27. The van der Waals surface area contributed by atoms with E-state index in [-0.39, 0.29) is 0 Å². The molecule has 0 atom stereocenters. The molecule has 1 saturated carbocycles. The Balaban J connectivity index is 2.08.